The maximum Gasteiger partial charge on any atom is 0.416 e. The van der Waals surface area contributed by atoms with Gasteiger partial charge in [-0.3, -0.25) is 0 Å². The van der Waals surface area contributed by atoms with E-state index in [0.717, 1.165) is 18.3 Å². The molecule has 0 saturated heterocycles. The van der Waals surface area contributed by atoms with Crippen LogP contribution in [0.25, 0.3) is 16.7 Å². The zero-order valence-corrected chi connectivity index (χ0v) is 16.5. The number of pyridine rings is 1. The SMILES string of the molecule is COC(=O)c1ccc2c(c1)nc(NCCNc1cc(C(F)(F)F)ccn1)c1n[nH]c(=O)n12. The molecule has 0 unspecified atom stereocenters. The summed E-state index contributed by atoms with van der Waals surface area (Å²) in [5, 5.41) is 12.1. The van der Waals surface area contributed by atoms with Crippen molar-refractivity contribution in [2.24, 2.45) is 0 Å². The molecule has 0 aliphatic carbocycles. The smallest absolute Gasteiger partial charge is 0.416 e. The Hall–Kier alpha value is -4.16. The summed E-state index contributed by atoms with van der Waals surface area (Å²) in [7, 11) is 1.25. The van der Waals surface area contributed by atoms with Crippen LogP contribution in [0, 0.1) is 0 Å². The number of carbonyl (C=O) groups is 1. The van der Waals surface area contributed by atoms with Gasteiger partial charge in [-0.15, -0.1) is 5.10 Å². The maximum absolute atomic E-state index is 12.8. The number of H-pyrrole nitrogens is 1. The van der Waals surface area contributed by atoms with Gasteiger partial charge in [-0.2, -0.15) is 13.2 Å². The van der Waals surface area contributed by atoms with Gasteiger partial charge in [0.2, 0.25) is 5.65 Å². The summed E-state index contributed by atoms with van der Waals surface area (Å²) in [5.74, 6) is -0.241. The van der Waals surface area contributed by atoms with Crippen molar-refractivity contribution in [1.29, 1.82) is 0 Å². The van der Waals surface area contributed by atoms with Gasteiger partial charge in [0.15, 0.2) is 5.82 Å². The zero-order chi connectivity index (χ0) is 22.9. The fourth-order valence-corrected chi connectivity index (χ4v) is 3.09. The lowest BCUT2D eigenvalue weighted by atomic mass is 10.2. The number of fused-ring (bicyclic) bond motifs is 3. The highest BCUT2D eigenvalue weighted by Gasteiger charge is 2.30. The normalized spacial score (nSPS) is 11.6. The molecule has 0 aliphatic heterocycles. The molecule has 3 heterocycles. The predicted molar refractivity (Wildman–Crippen MR) is 109 cm³/mol. The van der Waals surface area contributed by atoms with Crippen LogP contribution in [-0.4, -0.2) is 50.7 Å². The van der Waals surface area contributed by atoms with E-state index in [1.165, 1.54) is 23.6 Å². The minimum absolute atomic E-state index is 0.0666. The number of aromatic amines is 1. The molecule has 0 saturated carbocycles. The summed E-state index contributed by atoms with van der Waals surface area (Å²) < 4.78 is 44.4. The van der Waals surface area contributed by atoms with Gasteiger partial charge < -0.3 is 15.4 Å². The molecule has 3 N–H and O–H groups in total. The first kappa shape index (κ1) is 21.1. The van der Waals surface area contributed by atoms with E-state index >= 15 is 0 Å². The number of hydrogen-bond donors (Lipinski definition) is 3. The Labute approximate surface area is 177 Å². The second-order valence-corrected chi connectivity index (χ2v) is 6.62. The van der Waals surface area contributed by atoms with Gasteiger partial charge in [0.25, 0.3) is 0 Å². The topological polar surface area (TPSA) is 126 Å². The molecule has 0 fully saturated rings. The van der Waals surface area contributed by atoms with E-state index in [1.54, 1.807) is 6.07 Å². The lowest BCUT2D eigenvalue weighted by Gasteiger charge is -2.11. The highest BCUT2D eigenvalue weighted by molar-refractivity contribution is 5.94. The first-order chi connectivity index (χ1) is 15.3. The number of ether oxygens (including phenoxy) is 1. The molecular formula is C19H16F3N7O3. The van der Waals surface area contributed by atoms with Crippen LogP contribution in [0.3, 0.4) is 0 Å². The van der Waals surface area contributed by atoms with Crippen molar-refractivity contribution in [2.45, 2.75) is 6.18 Å². The molecule has 4 rings (SSSR count). The number of benzene rings is 1. The Morgan fingerprint density at radius 1 is 1.19 bits per heavy atom. The summed E-state index contributed by atoms with van der Waals surface area (Å²) in [6.45, 7) is 0.431. The van der Waals surface area contributed by atoms with Gasteiger partial charge >= 0.3 is 17.8 Å². The van der Waals surface area contributed by atoms with Crippen LogP contribution in [0.4, 0.5) is 24.8 Å². The van der Waals surface area contributed by atoms with Gasteiger partial charge in [0.1, 0.15) is 5.82 Å². The maximum atomic E-state index is 12.8. The molecule has 0 radical (unpaired) electrons. The Morgan fingerprint density at radius 2 is 1.97 bits per heavy atom. The summed E-state index contributed by atoms with van der Waals surface area (Å²) in [6.07, 6.45) is -3.39. The van der Waals surface area contributed by atoms with Gasteiger partial charge in [-0.25, -0.2) is 29.1 Å². The monoisotopic (exact) mass is 447 g/mol. The van der Waals surface area contributed by atoms with E-state index in [1.807, 2.05) is 0 Å². The van der Waals surface area contributed by atoms with Crippen molar-refractivity contribution in [3.63, 3.8) is 0 Å². The van der Waals surface area contributed by atoms with Crippen LogP contribution < -0.4 is 16.3 Å². The number of aromatic nitrogens is 5. The number of nitrogens with zero attached hydrogens (tertiary/aromatic N) is 4. The number of halogens is 3. The molecule has 1 aromatic carbocycles. The molecule has 32 heavy (non-hydrogen) atoms. The third kappa shape index (κ3) is 4.04. The van der Waals surface area contributed by atoms with Gasteiger partial charge in [-0.1, -0.05) is 0 Å². The highest BCUT2D eigenvalue weighted by atomic mass is 19.4. The molecule has 0 amide bonds. The van der Waals surface area contributed by atoms with Crippen LogP contribution in [0.1, 0.15) is 15.9 Å². The number of nitrogens with one attached hydrogen (secondary N) is 3. The second-order valence-electron chi connectivity index (χ2n) is 6.62. The predicted octanol–water partition coefficient (Wildman–Crippen LogP) is 2.30. The van der Waals surface area contributed by atoms with E-state index in [2.05, 4.69) is 30.8 Å². The van der Waals surface area contributed by atoms with Crippen LogP contribution in [0.5, 0.6) is 0 Å². The van der Waals surface area contributed by atoms with E-state index in [0.29, 0.717) is 11.0 Å². The molecular weight excluding hydrogens is 431 g/mol. The Morgan fingerprint density at radius 3 is 2.72 bits per heavy atom. The first-order valence-electron chi connectivity index (χ1n) is 9.28. The third-order valence-electron chi connectivity index (χ3n) is 4.56. The Bertz CT molecular complexity index is 1360. The Kier molecular flexibility index (Phi) is 5.38. The minimum Gasteiger partial charge on any atom is -0.465 e. The molecule has 0 atom stereocenters. The quantitative estimate of drug-likeness (QED) is 0.304. The fraction of sp³-hybridized carbons (Fsp3) is 0.211. The number of rotatable bonds is 6. The van der Waals surface area contributed by atoms with Crippen LogP contribution in [-0.2, 0) is 10.9 Å². The second kappa shape index (κ2) is 8.17. The van der Waals surface area contributed by atoms with Gasteiger partial charge in [0, 0.05) is 19.3 Å². The van der Waals surface area contributed by atoms with Crippen molar-refractivity contribution in [3.8, 4) is 0 Å². The van der Waals surface area contributed by atoms with Crippen molar-refractivity contribution in [3.05, 3.63) is 58.1 Å². The number of methoxy groups -OCH3 is 1. The van der Waals surface area contributed by atoms with Gasteiger partial charge in [-0.05, 0) is 30.3 Å². The lowest BCUT2D eigenvalue weighted by molar-refractivity contribution is -0.137. The molecule has 10 nitrogen and oxygen atoms in total. The molecule has 166 valence electrons. The van der Waals surface area contributed by atoms with Crippen molar-refractivity contribution >= 4 is 34.3 Å². The van der Waals surface area contributed by atoms with E-state index < -0.39 is 23.4 Å². The van der Waals surface area contributed by atoms with Crippen LogP contribution in [0.2, 0.25) is 0 Å². The van der Waals surface area contributed by atoms with E-state index in [-0.39, 0.29) is 35.9 Å². The Balaban J connectivity index is 1.56. The summed E-state index contributed by atoms with van der Waals surface area (Å²) in [4.78, 5) is 32.3. The van der Waals surface area contributed by atoms with Crippen LogP contribution >= 0.6 is 0 Å². The summed E-state index contributed by atoms with van der Waals surface area (Å²) in [5.41, 5.74) is -0.0370. The van der Waals surface area contributed by atoms with Gasteiger partial charge in [0.05, 0.1) is 29.3 Å². The molecule has 3 aromatic heterocycles. The zero-order valence-electron chi connectivity index (χ0n) is 16.5. The number of carbonyl (C=O) groups excluding carboxylic acids is 1. The average molecular weight is 447 g/mol. The largest absolute Gasteiger partial charge is 0.465 e. The number of esters is 1. The van der Waals surface area contributed by atoms with E-state index in [4.69, 9.17) is 4.74 Å². The van der Waals surface area contributed by atoms with Crippen molar-refractivity contribution < 1.29 is 22.7 Å². The summed E-state index contributed by atoms with van der Waals surface area (Å²) >= 11 is 0. The van der Waals surface area contributed by atoms with Crippen LogP contribution in [0.15, 0.2) is 41.3 Å². The average Bonchev–Trinajstić information content (AvgIpc) is 3.17. The molecule has 4 aromatic rings. The first-order valence-corrected chi connectivity index (χ1v) is 9.28. The number of alkyl halides is 3. The number of anilines is 2. The molecule has 0 bridgehead atoms. The molecule has 13 heteroatoms. The highest BCUT2D eigenvalue weighted by Crippen LogP contribution is 2.29. The molecule has 0 spiro atoms. The van der Waals surface area contributed by atoms with E-state index in [9.17, 15) is 22.8 Å². The van der Waals surface area contributed by atoms with Crippen molar-refractivity contribution in [1.82, 2.24) is 24.6 Å². The third-order valence-corrected chi connectivity index (χ3v) is 4.56. The van der Waals surface area contributed by atoms with Crippen molar-refractivity contribution in [2.75, 3.05) is 30.8 Å². The lowest BCUT2D eigenvalue weighted by Crippen LogP contribution is -2.17. The summed E-state index contributed by atoms with van der Waals surface area (Å²) in [6, 6.07) is 6.35. The minimum atomic E-state index is -4.46. The fourth-order valence-electron chi connectivity index (χ4n) is 3.09. The molecule has 0 aliphatic rings. The number of hydrogen-bond acceptors (Lipinski definition) is 8. The standard InChI is InChI=1S/C19H16F3N7O3/c1-32-17(30)10-2-3-13-12(8-10)26-15(16-27-28-18(31)29(13)16)25-7-6-24-14-9-11(4-5-23-14)19(20,21)22/h2-5,8-9H,6-7H2,1H3,(H,23,24)(H,25,26)(H,28,31).